The number of rotatable bonds is 10. The van der Waals surface area contributed by atoms with Gasteiger partial charge in [-0.3, -0.25) is 0 Å². The van der Waals surface area contributed by atoms with Crippen LogP contribution in [0, 0.1) is 0 Å². The lowest BCUT2D eigenvalue weighted by Gasteiger charge is -2.38. The highest BCUT2D eigenvalue weighted by molar-refractivity contribution is 9.10. The van der Waals surface area contributed by atoms with Crippen molar-refractivity contribution in [3.05, 3.63) is 0 Å². The minimum Gasteiger partial charge on any atom is -0.370 e. The highest BCUT2D eigenvalue weighted by Crippen LogP contribution is 2.49. The van der Waals surface area contributed by atoms with E-state index in [1.807, 2.05) is 0 Å². The molecule has 0 aliphatic rings. The zero-order valence-corrected chi connectivity index (χ0v) is 14.5. The number of halogens is 8. The summed E-state index contributed by atoms with van der Waals surface area (Å²) in [6.45, 7) is 2.27. The first kappa shape index (κ1) is 22.1. The third-order valence-corrected chi connectivity index (χ3v) is 6.03. The van der Waals surface area contributed by atoms with Gasteiger partial charge < -0.3 is 13.3 Å². The summed E-state index contributed by atoms with van der Waals surface area (Å²) in [5.74, 6) is -5.71. The average Bonchev–Trinajstić information content (AvgIpc) is 2.37. The van der Waals surface area contributed by atoms with Crippen molar-refractivity contribution in [1.82, 2.24) is 0 Å². The van der Waals surface area contributed by atoms with Gasteiger partial charge in [-0.05, 0) is 36.7 Å². The Hall–Kier alpha value is 0.0869. The molecule has 0 aromatic carbocycles. The standard InChI is InChI=1S/C10H16BrF7O3Si/c1-4-19-22(20-5-2,21-6-3)9(15,16)7(12)8(13,14)10(11,17)18/h7H,4-6H2,1-3H3. The molecule has 22 heavy (non-hydrogen) atoms. The second-order valence-electron chi connectivity index (χ2n) is 3.96. The smallest absolute Gasteiger partial charge is 0.370 e. The van der Waals surface area contributed by atoms with E-state index < -0.39 is 51.1 Å². The minimum atomic E-state index is -5.71. The van der Waals surface area contributed by atoms with Crippen LogP contribution in [0.1, 0.15) is 20.8 Å². The van der Waals surface area contributed by atoms with E-state index in [0.29, 0.717) is 0 Å². The summed E-state index contributed by atoms with van der Waals surface area (Å²) in [6.07, 6.45) is -4.58. The highest BCUT2D eigenvalue weighted by Gasteiger charge is 2.78. The van der Waals surface area contributed by atoms with E-state index in [-0.39, 0.29) is 0 Å². The third-order valence-electron chi connectivity index (χ3n) is 2.43. The Morgan fingerprint density at radius 1 is 0.864 bits per heavy atom. The van der Waals surface area contributed by atoms with Crippen molar-refractivity contribution >= 4 is 24.7 Å². The molecule has 0 saturated carbocycles. The maximum Gasteiger partial charge on any atom is 0.578 e. The van der Waals surface area contributed by atoms with Crippen LogP contribution in [-0.2, 0) is 13.3 Å². The number of alkyl halides is 8. The first-order chi connectivity index (χ1) is 9.84. The second-order valence-corrected chi connectivity index (χ2v) is 7.60. The molecule has 0 saturated heterocycles. The molecule has 1 atom stereocenters. The Morgan fingerprint density at radius 2 is 1.18 bits per heavy atom. The fourth-order valence-electron chi connectivity index (χ4n) is 1.51. The van der Waals surface area contributed by atoms with Crippen LogP contribution in [0.3, 0.4) is 0 Å². The molecule has 0 aromatic rings. The lowest BCUT2D eigenvalue weighted by Crippen LogP contribution is -2.69. The molecule has 0 aliphatic carbocycles. The van der Waals surface area contributed by atoms with Gasteiger partial charge in [0, 0.05) is 19.8 Å². The average molecular weight is 425 g/mol. The van der Waals surface area contributed by atoms with Crippen molar-refractivity contribution in [3.63, 3.8) is 0 Å². The van der Waals surface area contributed by atoms with Crippen molar-refractivity contribution in [2.75, 3.05) is 19.8 Å². The molecule has 0 fully saturated rings. The van der Waals surface area contributed by atoms with Crippen LogP contribution in [0.15, 0.2) is 0 Å². The third kappa shape index (κ3) is 4.13. The molecule has 0 amide bonds. The van der Waals surface area contributed by atoms with Crippen LogP contribution in [-0.4, -0.2) is 51.1 Å². The largest absolute Gasteiger partial charge is 0.578 e. The van der Waals surface area contributed by atoms with Gasteiger partial charge in [-0.15, -0.1) is 0 Å². The van der Waals surface area contributed by atoms with E-state index in [1.54, 1.807) is 0 Å². The fourth-order valence-corrected chi connectivity index (χ4v) is 4.17. The molecule has 0 aliphatic heterocycles. The first-order valence-corrected chi connectivity index (χ1v) is 8.74. The molecule has 3 nitrogen and oxygen atoms in total. The molecule has 0 heterocycles. The molecule has 0 spiro atoms. The maximum absolute atomic E-state index is 14.2. The van der Waals surface area contributed by atoms with Crippen molar-refractivity contribution < 1.29 is 44.0 Å². The van der Waals surface area contributed by atoms with E-state index in [0.717, 1.165) is 0 Å². The second kappa shape index (κ2) is 7.77. The van der Waals surface area contributed by atoms with Crippen LogP contribution in [0.25, 0.3) is 0 Å². The molecular formula is C10H16BrF7O3Si. The van der Waals surface area contributed by atoms with Gasteiger partial charge in [0.2, 0.25) is 6.17 Å². The molecule has 12 heteroatoms. The predicted octanol–water partition coefficient (Wildman–Crippen LogP) is 4.17. The zero-order valence-electron chi connectivity index (χ0n) is 11.9. The summed E-state index contributed by atoms with van der Waals surface area (Å²) in [5, 5.41) is 0. The number of hydrogen-bond acceptors (Lipinski definition) is 3. The lowest BCUT2D eigenvalue weighted by atomic mass is 10.2. The zero-order chi connectivity index (χ0) is 17.8. The lowest BCUT2D eigenvalue weighted by molar-refractivity contribution is -0.235. The van der Waals surface area contributed by atoms with Gasteiger partial charge in [-0.1, -0.05) is 0 Å². The Balaban J connectivity index is 5.87. The van der Waals surface area contributed by atoms with Crippen LogP contribution >= 0.6 is 15.9 Å². The van der Waals surface area contributed by atoms with Crippen molar-refractivity contribution in [3.8, 4) is 0 Å². The highest BCUT2D eigenvalue weighted by atomic mass is 79.9. The Kier molecular flexibility index (Phi) is 7.80. The summed E-state index contributed by atoms with van der Waals surface area (Å²) < 4.78 is 108. The fraction of sp³-hybridized carbons (Fsp3) is 1.00. The monoisotopic (exact) mass is 424 g/mol. The Bertz CT molecular complexity index is 337. The summed E-state index contributed by atoms with van der Waals surface area (Å²) in [7, 11) is -5.32. The first-order valence-electron chi connectivity index (χ1n) is 6.22. The van der Waals surface area contributed by atoms with E-state index in [2.05, 4.69) is 13.3 Å². The molecule has 1 unspecified atom stereocenters. The summed E-state index contributed by atoms with van der Waals surface area (Å²) in [4.78, 5) is -5.19. The molecule has 0 bridgehead atoms. The molecular weight excluding hydrogens is 409 g/mol. The van der Waals surface area contributed by atoms with Crippen LogP contribution < -0.4 is 0 Å². The number of hydrogen-bond donors (Lipinski definition) is 0. The van der Waals surface area contributed by atoms with Gasteiger partial charge in [-0.25, -0.2) is 4.39 Å². The molecule has 134 valence electrons. The quantitative estimate of drug-likeness (QED) is 0.299. The molecule has 0 aromatic heterocycles. The van der Waals surface area contributed by atoms with Crippen LogP contribution in [0.5, 0.6) is 0 Å². The van der Waals surface area contributed by atoms with Crippen LogP contribution in [0.4, 0.5) is 30.7 Å². The van der Waals surface area contributed by atoms with Gasteiger partial charge in [0.05, 0.1) is 0 Å². The summed E-state index contributed by atoms with van der Waals surface area (Å²) in [6, 6.07) is 0. The van der Waals surface area contributed by atoms with Gasteiger partial charge in [-0.2, -0.15) is 26.3 Å². The maximum atomic E-state index is 14.2. The van der Waals surface area contributed by atoms with E-state index in [9.17, 15) is 30.7 Å². The topological polar surface area (TPSA) is 27.7 Å². The van der Waals surface area contributed by atoms with E-state index in [4.69, 9.17) is 0 Å². The van der Waals surface area contributed by atoms with Crippen molar-refractivity contribution in [2.45, 2.75) is 43.2 Å². The summed E-state index contributed by atoms with van der Waals surface area (Å²) in [5.41, 5.74) is -5.09. The minimum absolute atomic E-state index is 0.467. The van der Waals surface area contributed by atoms with Crippen molar-refractivity contribution in [1.29, 1.82) is 0 Å². The molecule has 0 N–H and O–H groups in total. The molecule has 0 rings (SSSR count). The van der Waals surface area contributed by atoms with Crippen LogP contribution in [0.2, 0.25) is 0 Å². The van der Waals surface area contributed by atoms with Gasteiger partial charge in [0.15, 0.2) is 0 Å². The Morgan fingerprint density at radius 3 is 1.41 bits per heavy atom. The van der Waals surface area contributed by atoms with E-state index in [1.165, 1.54) is 36.7 Å². The SMILES string of the molecule is CCO[Si](OCC)(OCC)C(F)(F)C(F)C(F)(F)C(F)(F)Br. The predicted molar refractivity (Wildman–Crippen MR) is 69.3 cm³/mol. The normalized spacial score (nSPS) is 16.0. The van der Waals surface area contributed by atoms with E-state index >= 15 is 0 Å². The Labute approximate surface area is 132 Å². The van der Waals surface area contributed by atoms with Gasteiger partial charge in [0.25, 0.3) is 0 Å². The molecule has 0 radical (unpaired) electrons. The van der Waals surface area contributed by atoms with Crippen molar-refractivity contribution in [2.24, 2.45) is 0 Å². The van der Waals surface area contributed by atoms with Gasteiger partial charge in [0.1, 0.15) is 0 Å². The van der Waals surface area contributed by atoms with Gasteiger partial charge >= 0.3 is 25.1 Å². The summed E-state index contributed by atoms with van der Waals surface area (Å²) >= 11 is 1.21.